The molecular weight excluding hydrogens is 470 g/mol. The summed E-state index contributed by atoms with van der Waals surface area (Å²) in [5, 5.41) is 0.573. The summed E-state index contributed by atoms with van der Waals surface area (Å²) in [6.07, 6.45) is 8.58. The van der Waals surface area contributed by atoms with Crippen molar-refractivity contribution < 1.29 is 47.3 Å². The topological polar surface area (TPSA) is 63.2 Å². The number of carbonyl (C=O) groups is 1. The summed E-state index contributed by atoms with van der Waals surface area (Å²) in [4.78, 5) is 13.2. The van der Waals surface area contributed by atoms with Crippen LogP contribution in [0.4, 0.5) is 0 Å². The monoisotopic (exact) mass is 510 g/mol. The van der Waals surface area contributed by atoms with Crippen LogP contribution in [0.1, 0.15) is 75.6 Å². The predicted octanol–water partition coefficient (Wildman–Crippen LogP) is 4.05. The number of ether oxygens (including phenoxy) is 5. The Hall–Kier alpha value is -1.86. The summed E-state index contributed by atoms with van der Waals surface area (Å²) in [6, 6.07) is 9.19. The summed E-state index contributed by atoms with van der Waals surface area (Å²) in [5.74, 6) is 2.17. The zero-order valence-corrected chi connectivity index (χ0v) is 23.7. The predicted molar refractivity (Wildman–Crippen MR) is 143 cm³/mol. The summed E-state index contributed by atoms with van der Waals surface area (Å²) >= 11 is 0. The summed E-state index contributed by atoms with van der Waals surface area (Å²) < 4.78 is 29.7. The summed E-state index contributed by atoms with van der Waals surface area (Å²) in [5.41, 5.74) is 0.538. The van der Waals surface area contributed by atoms with Gasteiger partial charge in [-0.05, 0) is 18.4 Å². The van der Waals surface area contributed by atoms with Crippen molar-refractivity contribution >= 4 is 19.4 Å². The van der Waals surface area contributed by atoms with Crippen molar-refractivity contribution in [1.29, 1.82) is 0 Å². The van der Waals surface area contributed by atoms with Crippen LogP contribution < -0.4 is 47.8 Å². The maximum atomic E-state index is 13.2. The number of rotatable bonds is 18. The molecule has 0 N–H and O–H groups in total. The number of carbonyl (C=O) groups excluding carboxylic acids is 1. The minimum Gasteiger partial charge on any atom is -0.495 e. The first kappa shape index (κ1) is 32.2. The van der Waals surface area contributed by atoms with Crippen LogP contribution >= 0.6 is 8.58 Å². The smallest absolute Gasteiger partial charge is 0.495 e. The first-order valence-corrected chi connectivity index (χ1v) is 13.4. The van der Waals surface area contributed by atoms with E-state index < -0.39 is 0 Å². The van der Waals surface area contributed by atoms with E-state index in [0.717, 1.165) is 51.4 Å². The van der Waals surface area contributed by atoms with E-state index >= 15 is 0 Å². The molecule has 0 amide bonds. The molecule has 0 saturated carbocycles. The number of hydrogen-bond donors (Lipinski definition) is 0. The molecular formula is C28H40LiO6P. The molecule has 0 radical (unpaired) electrons. The molecule has 0 aliphatic carbocycles. The summed E-state index contributed by atoms with van der Waals surface area (Å²) in [6.45, 7) is 5.38. The van der Waals surface area contributed by atoms with E-state index in [9.17, 15) is 4.79 Å². The van der Waals surface area contributed by atoms with Gasteiger partial charge in [0, 0.05) is 5.52 Å². The molecule has 194 valence electrons. The Morgan fingerprint density at radius 3 is 1.67 bits per heavy atom. The molecule has 0 spiro atoms. The molecule has 0 bridgehead atoms. The Morgan fingerprint density at radius 1 is 0.667 bits per heavy atom. The van der Waals surface area contributed by atoms with Crippen LogP contribution in [-0.2, 0) is 0 Å². The van der Waals surface area contributed by atoms with E-state index in [1.54, 1.807) is 33.5 Å². The zero-order valence-electron chi connectivity index (χ0n) is 22.9. The SMILES string of the molecule is CCCCCCOc1c(OC)c(OC)c([P-]C(=O)c2ccccc2)c(OCCCCCC)c1OC.[Li+]. The second kappa shape index (κ2) is 18.4. The van der Waals surface area contributed by atoms with Gasteiger partial charge in [0.15, 0.2) is 0 Å². The van der Waals surface area contributed by atoms with E-state index in [0.29, 0.717) is 61.4 Å². The van der Waals surface area contributed by atoms with Crippen molar-refractivity contribution in [2.45, 2.75) is 65.2 Å². The second-order valence-electron chi connectivity index (χ2n) is 8.21. The number of unbranched alkanes of at least 4 members (excludes halogenated alkanes) is 6. The minimum absolute atomic E-state index is 0. The molecule has 2 aromatic carbocycles. The molecule has 2 rings (SSSR count). The van der Waals surface area contributed by atoms with E-state index in [4.69, 9.17) is 23.7 Å². The van der Waals surface area contributed by atoms with Gasteiger partial charge in [0.05, 0.1) is 34.5 Å². The maximum Gasteiger partial charge on any atom is 1.00 e. The second-order valence-corrected chi connectivity index (χ2v) is 9.28. The van der Waals surface area contributed by atoms with E-state index in [1.807, 2.05) is 18.2 Å². The normalized spacial score (nSPS) is 10.7. The van der Waals surface area contributed by atoms with Crippen LogP contribution in [0.5, 0.6) is 28.7 Å². The molecule has 8 heteroatoms. The molecule has 2 aromatic rings. The van der Waals surface area contributed by atoms with Crippen molar-refractivity contribution in [3.05, 3.63) is 35.9 Å². The third-order valence-electron chi connectivity index (χ3n) is 5.59. The Bertz CT molecular complexity index is 907. The van der Waals surface area contributed by atoms with Crippen LogP contribution in [0.2, 0.25) is 0 Å². The van der Waals surface area contributed by atoms with Crippen molar-refractivity contribution in [2.75, 3.05) is 34.5 Å². The molecule has 0 heterocycles. The van der Waals surface area contributed by atoms with Gasteiger partial charge in [-0.1, -0.05) is 82.7 Å². The van der Waals surface area contributed by atoms with Crippen molar-refractivity contribution in [1.82, 2.24) is 0 Å². The largest absolute Gasteiger partial charge is 1.00 e. The third-order valence-corrected chi connectivity index (χ3v) is 6.68. The average Bonchev–Trinajstić information content (AvgIpc) is 2.89. The van der Waals surface area contributed by atoms with Gasteiger partial charge in [-0.15, -0.1) is 5.30 Å². The quantitative estimate of drug-likeness (QED) is 0.171. The number of methoxy groups -OCH3 is 3. The maximum absolute atomic E-state index is 13.2. The van der Waals surface area contributed by atoms with Crippen LogP contribution in [0, 0.1) is 0 Å². The Labute approximate surface area is 230 Å². The fourth-order valence-electron chi connectivity index (χ4n) is 3.71. The average molecular weight is 511 g/mol. The first-order chi connectivity index (χ1) is 17.1. The molecule has 36 heavy (non-hydrogen) atoms. The molecule has 0 atom stereocenters. The molecule has 0 unspecified atom stereocenters. The molecule has 0 saturated heterocycles. The molecule has 0 fully saturated rings. The standard InChI is InChI=1S/C28H40O6P.Li/c1-6-8-10-15-19-33-24-22(30-3)25(32-5)27(35-28(29)21-17-13-12-14-18-21)26(23(24)31-4)34-20-16-11-9-7-2;/h12-14,17-18H,6-11,15-16,19-20H2,1-5H3;/q-1;+1. The molecule has 0 aliphatic heterocycles. The first-order valence-electron chi connectivity index (χ1n) is 12.5. The van der Waals surface area contributed by atoms with Gasteiger partial charge in [0.2, 0.25) is 17.2 Å². The number of benzene rings is 2. The van der Waals surface area contributed by atoms with Gasteiger partial charge in [-0.3, -0.25) is 0 Å². The summed E-state index contributed by atoms with van der Waals surface area (Å²) in [7, 11) is 5.11. The van der Waals surface area contributed by atoms with Crippen LogP contribution in [0.25, 0.3) is 0 Å². The van der Waals surface area contributed by atoms with E-state index in [1.165, 1.54) is 0 Å². The van der Waals surface area contributed by atoms with Gasteiger partial charge >= 0.3 is 18.9 Å². The van der Waals surface area contributed by atoms with Crippen LogP contribution in [0.15, 0.2) is 30.3 Å². The fourth-order valence-corrected chi connectivity index (χ4v) is 4.75. The Balaban J connectivity index is 0.00000648. The van der Waals surface area contributed by atoms with Crippen molar-refractivity contribution in [3.8, 4) is 28.7 Å². The number of hydrogen-bond acceptors (Lipinski definition) is 6. The van der Waals surface area contributed by atoms with Crippen LogP contribution in [-0.4, -0.2) is 40.1 Å². The fraction of sp³-hybridized carbons (Fsp3) is 0.536. The van der Waals surface area contributed by atoms with E-state index in [-0.39, 0.29) is 24.4 Å². The van der Waals surface area contributed by atoms with Crippen LogP contribution in [0.3, 0.4) is 0 Å². The Morgan fingerprint density at radius 2 is 1.17 bits per heavy atom. The Kier molecular flexibility index (Phi) is 16.4. The van der Waals surface area contributed by atoms with Crippen molar-refractivity contribution in [3.63, 3.8) is 0 Å². The molecule has 0 aromatic heterocycles. The van der Waals surface area contributed by atoms with Gasteiger partial charge in [0.1, 0.15) is 11.5 Å². The van der Waals surface area contributed by atoms with E-state index in [2.05, 4.69) is 13.8 Å². The van der Waals surface area contributed by atoms with Gasteiger partial charge in [0.25, 0.3) is 0 Å². The van der Waals surface area contributed by atoms with Gasteiger partial charge in [-0.2, -0.15) is 0 Å². The minimum atomic E-state index is -0.0722. The van der Waals surface area contributed by atoms with Gasteiger partial charge in [-0.25, -0.2) is 0 Å². The van der Waals surface area contributed by atoms with Gasteiger partial charge < -0.3 is 37.1 Å². The zero-order chi connectivity index (χ0) is 25.5. The van der Waals surface area contributed by atoms with Crippen molar-refractivity contribution in [2.24, 2.45) is 0 Å². The molecule has 0 aliphatic rings. The molecule has 6 nitrogen and oxygen atoms in total. The third kappa shape index (κ3) is 9.22.